The molecule has 0 radical (unpaired) electrons. The number of phenols is 1. The average Bonchev–Trinajstić information content (AvgIpc) is 2.14. The van der Waals surface area contributed by atoms with Gasteiger partial charge in [0.05, 0.1) is 0 Å². The molecule has 0 aliphatic heterocycles. The van der Waals surface area contributed by atoms with Crippen LogP contribution in [-0.4, -0.2) is 11.1 Å². The maximum Gasteiger partial charge on any atom is 0.117 e. The molecule has 2 N–H and O–H groups in total. The maximum absolute atomic E-state index is 9.23. The summed E-state index contributed by atoms with van der Waals surface area (Å²) in [5, 5.41) is 12.6. The van der Waals surface area contributed by atoms with Crippen molar-refractivity contribution in [3.05, 3.63) is 24.3 Å². The number of hydrogen-bond donors (Lipinski definition) is 2. The van der Waals surface area contributed by atoms with Crippen LogP contribution in [0.3, 0.4) is 0 Å². The van der Waals surface area contributed by atoms with E-state index in [-0.39, 0.29) is 0 Å². The van der Waals surface area contributed by atoms with Crippen LogP contribution < -0.4 is 5.32 Å². The molecule has 13 heavy (non-hydrogen) atoms. The molecule has 0 unspecified atom stereocenters. The van der Waals surface area contributed by atoms with Gasteiger partial charge in [-0.2, -0.15) is 0 Å². The minimum atomic E-state index is 0.316. The zero-order valence-electron chi connectivity index (χ0n) is 8.25. The van der Waals surface area contributed by atoms with Gasteiger partial charge in [-0.15, -0.1) is 0 Å². The third-order valence-electron chi connectivity index (χ3n) is 2.20. The molecule has 72 valence electrons. The van der Waals surface area contributed by atoms with Crippen LogP contribution in [0.5, 0.6) is 5.75 Å². The topological polar surface area (TPSA) is 32.3 Å². The lowest BCUT2D eigenvalue weighted by atomic mass is 10.1. The van der Waals surface area contributed by atoms with Gasteiger partial charge >= 0.3 is 0 Å². The van der Waals surface area contributed by atoms with Gasteiger partial charge in [0.1, 0.15) is 5.75 Å². The van der Waals surface area contributed by atoms with Crippen molar-refractivity contribution in [1.29, 1.82) is 0 Å². The van der Waals surface area contributed by atoms with E-state index in [0.717, 1.165) is 18.5 Å². The van der Waals surface area contributed by atoms with Crippen LogP contribution in [0.15, 0.2) is 24.3 Å². The number of hydrogen-bond acceptors (Lipinski definition) is 2. The van der Waals surface area contributed by atoms with Crippen molar-refractivity contribution in [1.82, 2.24) is 0 Å². The van der Waals surface area contributed by atoms with Crippen LogP contribution in [0.2, 0.25) is 0 Å². The first-order chi connectivity index (χ1) is 6.26. The lowest BCUT2D eigenvalue weighted by Gasteiger charge is -2.15. The first-order valence-corrected chi connectivity index (χ1v) is 4.81. The SMILES string of the molecule is CCC(CC)Nc1cccc(O)c1. The maximum atomic E-state index is 9.23. The molecule has 0 aliphatic carbocycles. The fraction of sp³-hybridized carbons (Fsp3) is 0.455. The van der Waals surface area contributed by atoms with Gasteiger partial charge in [-0.25, -0.2) is 0 Å². The normalized spacial score (nSPS) is 10.4. The van der Waals surface area contributed by atoms with E-state index >= 15 is 0 Å². The Hall–Kier alpha value is -1.18. The molecule has 0 atom stereocenters. The van der Waals surface area contributed by atoms with E-state index in [4.69, 9.17) is 0 Å². The quantitative estimate of drug-likeness (QED) is 0.744. The molecular formula is C11H17NO. The predicted molar refractivity (Wildman–Crippen MR) is 56.1 cm³/mol. The molecule has 0 saturated heterocycles. The first kappa shape index (κ1) is 9.90. The van der Waals surface area contributed by atoms with Crippen LogP contribution in [0.25, 0.3) is 0 Å². The van der Waals surface area contributed by atoms with Gasteiger partial charge in [0.2, 0.25) is 0 Å². The Bertz CT molecular complexity index is 256. The fourth-order valence-corrected chi connectivity index (χ4v) is 1.32. The molecule has 0 aliphatic rings. The monoisotopic (exact) mass is 179 g/mol. The van der Waals surface area contributed by atoms with Gasteiger partial charge in [-0.1, -0.05) is 19.9 Å². The van der Waals surface area contributed by atoms with E-state index in [0.29, 0.717) is 11.8 Å². The summed E-state index contributed by atoms with van der Waals surface area (Å²) in [6.45, 7) is 4.31. The standard InChI is InChI=1S/C11H17NO/c1-3-9(4-2)12-10-6-5-7-11(13)8-10/h5-9,12-13H,3-4H2,1-2H3. The third-order valence-corrected chi connectivity index (χ3v) is 2.20. The zero-order valence-corrected chi connectivity index (χ0v) is 8.25. The Morgan fingerprint density at radius 3 is 2.54 bits per heavy atom. The molecule has 0 aromatic heterocycles. The van der Waals surface area contributed by atoms with Crippen LogP contribution in [-0.2, 0) is 0 Å². The predicted octanol–water partition coefficient (Wildman–Crippen LogP) is 2.99. The summed E-state index contributed by atoms with van der Waals surface area (Å²) in [6, 6.07) is 7.75. The summed E-state index contributed by atoms with van der Waals surface area (Å²) in [5.41, 5.74) is 0.994. The highest BCUT2D eigenvalue weighted by molar-refractivity contribution is 5.48. The molecular weight excluding hydrogens is 162 g/mol. The highest BCUT2D eigenvalue weighted by atomic mass is 16.3. The lowest BCUT2D eigenvalue weighted by Crippen LogP contribution is -2.16. The second-order valence-electron chi connectivity index (χ2n) is 3.21. The van der Waals surface area contributed by atoms with Crippen LogP contribution in [0.1, 0.15) is 26.7 Å². The van der Waals surface area contributed by atoms with E-state index in [1.165, 1.54) is 0 Å². The van der Waals surface area contributed by atoms with Crippen molar-refractivity contribution >= 4 is 5.69 Å². The van der Waals surface area contributed by atoms with Crippen molar-refractivity contribution in [2.45, 2.75) is 32.7 Å². The van der Waals surface area contributed by atoms with Gasteiger partial charge in [0.25, 0.3) is 0 Å². The van der Waals surface area contributed by atoms with E-state index in [1.807, 2.05) is 12.1 Å². The number of phenolic OH excluding ortho intramolecular Hbond substituents is 1. The highest BCUT2D eigenvalue weighted by Crippen LogP contribution is 2.17. The molecule has 0 bridgehead atoms. The number of nitrogens with one attached hydrogen (secondary N) is 1. The van der Waals surface area contributed by atoms with Crippen molar-refractivity contribution in [3.63, 3.8) is 0 Å². The second kappa shape index (κ2) is 4.75. The van der Waals surface area contributed by atoms with E-state index in [2.05, 4.69) is 19.2 Å². The van der Waals surface area contributed by atoms with E-state index < -0.39 is 0 Å². The highest BCUT2D eigenvalue weighted by Gasteiger charge is 2.02. The first-order valence-electron chi connectivity index (χ1n) is 4.81. The minimum Gasteiger partial charge on any atom is -0.508 e. The smallest absolute Gasteiger partial charge is 0.117 e. The summed E-state index contributed by atoms with van der Waals surface area (Å²) in [6.07, 6.45) is 2.21. The molecule has 2 heteroatoms. The molecule has 1 aromatic carbocycles. The summed E-state index contributed by atoms with van der Waals surface area (Å²) >= 11 is 0. The van der Waals surface area contributed by atoms with Crippen LogP contribution in [0, 0.1) is 0 Å². The van der Waals surface area contributed by atoms with Crippen molar-refractivity contribution in [3.8, 4) is 5.75 Å². The number of benzene rings is 1. The van der Waals surface area contributed by atoms with Crippen molar-refractivity contribution in [2.75, 3.05) is 5.32 Å². The van der Waals surface area contributed by atoms with Crippen LogP contribution >= 0.6 is 0 Å². The Morgan fingerprint density at radius 1 is 1.31 bits per heavy atom. The van der Waals surface area contributed by atoms with Gasteiger partial charge in [-0.05, 0) is 25.0 Å². The second-order valence-corrected chi connectivity index (χ2v) is 3.21. The Labute approximate surface area is 79.6 Å². The molecule has 0 fully saturated rings. The van der Waals surface area contributed by atoms with E-state index in [1.54, 1.807) is 12.1 Å². The Balaban J connectivity index is 2.62. The number of rotatable bonds is 4. The van der Waals surface area contributed by atoms with Crippen molar-refractivity contribution < 1.29 is 5.11 Å². The van der Waals surface area contributed by atoms with Gasteiger partial charge in [0, 0.05) is 17.8 Å². The molecule has 1 aromatic rings. The summed E-state index contributed by atoms with van der Waals surface area (Å²) in [5.74, 6) is 0.316. The number of aromatic hydroxyl groups is 1. The summed E-state index contributed by atoms with van der Waals surface area (Å²) in [4.78, 5) is 0. The summed E-state index contributed by atoms with van der Waals surface area (Å²) < 4.78 is 0. The van der Waals surface area contributed by atoms with Gasteiger partial charge < -0.3 is 10.4 Å². The van der Waals surface area contributed by atoms with Crippen molar-refractivity contribution in [2.24, 2.45) is 0 Å². The minimum absolute atomic E-state index is 0.316. The zero-order chi connectivity index (χ0) is 9.68. The molecule has 0 spiro atoms. The Kier molecular flexibility index (Phi) is 3.62. The summed E-state index contributed by atoms with van der Waals surface area (Å²) in [7, 11) is 0. The molecule has 0 heterocycles. The molecule has 1 rings (SSSR count). The average molecular weight is 179 g/mol. The number of anilines is 1. The lowest BCUT2D eigenvalue weighted by molar-refractivity contribution is 0.475. The van der Waals surface area contributed by atoms with Crippen LogP contribution in [0.4, 0.5) is 5.69 Å². The van der Waals surface area contributed by atoms with E-state index in [9.17, 15) is 5.11 Å². The fourth-order valence-electron chi connectivity index (χ4n) is 1.32. The Morgan fingerprint density at radius 2 is 2.00 bits per heavy atom. The van der Waals surface area contributed by atoms with Gasteiger partial charge in [0.15, 0.2) is 0 Å². The van der Waals surface area contributed by atoms with Gasteiger partial charge in [-0.3, -0.25) is 0 Å². The molecule has 2 nitrogen and oxygen atoms in total. The third kappa shape index (κ3) is 2.98. The largest absolute Gasteiger partial charge is 0.508 e. The molecule has 0 amide bonds. The molecule has 0 saturated carbocycles.